The molecule has 0 amide bonds. The van der Waals surface area contributed by atoms with Crippen LogP contribution in [0.5, 0.6) is 5.75 Å². The summed E-state index contributed by atoms with van der Waals surface area (Å²) in [5.41, 5.74) is 2.04. The maximum Gasteiger partial charge on any atom is 0.355 e. The smallest absolute Gasteiger partial charge is 0.355 e. The van der Waals surface area contributed by atoms with Crippen LogP contribution in [0.25, 0.3) is 21.7 Å². The Morgan fingerprint density at radius 2 is 2.00 bits per heavy atom. The van der Waals surface area contributed by atoms with Crippen molar-refractivity contribution in [3.63, 3.8) is 0 Å². The molecule has 0 fully saturated rings. The predicted octanol–water partition coefficient (Wildman–Crippen LogP) is 6.73. The summed E-state index contributed by atoms with van der Waals surface area (Å²) in [6.45, 7) is 2.68. The van der Waals surface area contributed by atoms with Crippen LogP contribution in [0.1, 0.15) is 32.8 Å². The number of hydrogen-bond donors (Lipinski definition) is 0. The molecule has 8 heteroatoms. The number of aromatic nitrogens is 1. The molecule has 0 N–H and O–H groups in total. The number of carbonyl (C=O) groups excluding carboxylic acids is 2. The van der Waals surface area contributed by atoms with Gasteiger partial charge in [-0.2, -0.15) is 0 Å². The summed E-state index contributed by atoms with van der Waals surface area (Å²) in [6, 6.07) is 11.9. The molecular weight excluding hydrogens is 513 g/mol. The summed E-state index contributed by atoms with van der Waals surface area (Å²) in [4.78, 5) is 24.4. The Labute approximate surface area is 203 Å². The highest BCUT2D eigenvalue weighted by molar-refractivity contribution is 9.10. The molecule has 0 saturated heterocycles. The maximum absolute atomic E-state index is 13.6. The molecule has 0 aliphatic rings. The van der Waals surface area contributed by atoms with Crippen molar-refractivity contribution in [1.29, 1.82) is 0 Å². The Morgan fingerprint density at radius 3 is 2.73 bits per heavy atom. The monoisotopic (exact) mass is 531 g/mol. The van der Waals surface area contributed by atoms with Crippen molar-refractivity contribution in [1.82, 2.24) is 4.57 Å². The summed E-state index contributed by atoms with van der Waals surface area (Å²) in [5.74, 6) is -0.242. The molecule has 0 bridgehead atoms. The number of carbonyl (C=O) groups is 2. The third-order valence-electron chi connectivity index (χ3n) is 5.46. The molecule has 3 aromatic carbocycles. The summed E-state index contributed by atoms with van der Waals surface area (Å²) < 4.78 is 26.9. The molecule has 5 nitrogen and oxygen atoms in total. The van der Waals surface area contributed by atoms with E-state index >= 15 is 0 Å². The fourth-order valence-corrected chi connectivity index (χ4v) is 4.75. The van der Waals surface area contributed by atoms with Gasteiger partial charge in [0.15, 0.2) is 6.29 Å². The number of hydrogen-bond acceptors (Lipinski definition) is 4. The molecule has 1 aromatic heterocycles. The van der Waals surface area contributed by atoms with Crippen LogP contribution in [0.4, 0.5) is 4.39 Å². The minimum atomic E-state index is -0.607. The van der Waals surface area contributed by atoms with Crippen molar-refractivity contribution in [2.45, 2.75) is 19.9 Å². The van der Waals surface area contributed by atoms with E-state index in [0.717, 1.165) is 16.3 Å². The number of benzene rings is 3. The number of methoxy groups -OCH3 is 1. The van der Waals surface area contributed by atoms with E-state index in [9.17, 15) is 14.0 Å². The minimum Gasteiger partial charge on any atom is -0.493 e. The highest BCUT2D eigenvalue weighted by Crippen LogP contribution is 2.37. The second-order valence-corrected chi connectivity index (χ2v) is 8.81. The summed E-state index contributed by atoms with van der Waals surface area (Å²) >= 11 is 9.66. The van der Waals surface area contributed by atoms with Crippen molar-refractivity contribution in [2.75, 3.05) is 13.7 Å². The molecular formula is C25H20BrClFNO4. The standard InChI is InChI=1S/C25H20BrClFNO4/c1-14-10-15-12-16(28)4-5-17(15)21(11-14)33-9-3-8-29-20-7-6-19(27)23(26)22(20)18(13-30)24(29)25(31)32-2/h4-7,10-13H,3,8-9H2,1-2H3. The predicted molar refractivity (Wildman–Crippen MR) is 130 cm³/mol. The zero-order valence-corrected chi connectivity index (χ0v) is 20.3. The van der Waals surface area contributed by atoms with E-state index in [1.165, 1.54) is 19.2 Å². The van der Waals surface area contributed by atoms with Crippen molar-refractivity contribution in [2.24, 2.45) is 0 Å². The van der Waals surface area contributed by atoms with Gasteiger partial charge in [-0.15, -0.1) is 0 Å². The van der Waals surface area contributed by atoms with E-state index in [1.54, 1.807) is 22.8 Å². The lowest BCUT2D eigenvalue weighted by atomic mass is 10.1. The van der Waals surface area contributed by atoms with Gasteiger partial charge in [0.25, 0.3) is 0 Å². The first kappa shape index (κ1) is 23.3. The van der Waals surface area contributed by atoms with Gasteiger partial charge in [0.1, 0.15) is 17.3 Å². The molecule has 0 aliphatic heterocycles. The fraction of sp³-hybridized carbons (Fsp3) is 0.200. The third kappa shape index (κ3) is 4.35. The molecule has 4 aromatic rings. The van der Waals surface area contributed by atoms with Crippen LogP contribution in [-0.2, 0) is 11.3 Å². The maximum atomic E-state index is 13.6. The van der Waals surface area contributed by atoms with Crippen LogP contribution in [0.2, 0.25) is 5.02 Å². The average molecular weight is 533 g/mol. The lowest BCUT2D eigenvalue weighted by Crippen LogP contribution is -2.14. The SMILES string of the molecule is COC(=O)c1c(C=O)c2c(Br)c(Cl)ccc2n1CCCOc1cc(C)cc2cc(F)ccc12. The van der Waals surface area contributed by atoms with Crippen molar-refractivity contribution in [3.8, 4) is 5.75 Å². The van der Waals surface area contributed by atoms with Crippen LogP contribution in [0.15, 0.2) is 46.9 Å². The van der Waals surface area contributed by atoms with Gasteiger partial charge in [-0.1, -0.05) is 17.7 Å². The van der Waals surface area contributed by atoms with E-state index in [1.807, 2.05) is 19.1 Å². The van der Waals surface area contributed by atoms with Gasteiger partial charge in [0.05, 0.1) is 29.8 Å². The summed E-state index contributed by atoms with van der Waals surface area (Å²) in [5, 5.41) is 2.59. The summed E-state index contributed by atoms with van der Waals surface area (Å²) in [6.07, 6.45) is 1.18. The zero-order valence-electron chi connectivity index (χ0n) is 18.0. The van der Waals surface area contributed by atoms with Crippen LogP contribution < -0.4 is 4.74 Å². The molecule has 33 heavy (non-hydrogen) atoms. The Hall–Kier alpha value is -2.90. The zero-order chi connectivity index (χ0) is 23.7. The van der Waals surface area contributed by atoms with Crippen molar-refractivity contribution < 1.29 is 23.5 Å². The van der Waals surface area contributed by atoms with Crippen LogP contribution >= 0.6 is 27.5 Å². The highest BCUT2D eigenvalue weighted by Gasteiger charge is 2.25. The number of aldehydes is 1. The molecule has 0 aliphatic carbocycles. The molecule has 0 radical (unpaired) electrons. The average Bonchev–Trinajstić information content (AvgIpc) is 3.11. The normalized spacial score (nSPS) is 11.2. The summed E-state index contributed by atoms with van der Waals surface area (Å²) in [7, 11) is 1.27. The fourth-order valence-electron chi connectivity index (χ4n) is 4.04. The molecule has 1 heterocycles. The molecule has 4 rings (SSSR count). The van der Waals surface area contributed by atoms with E-state index in [-0.39, 0.29) is 17.1 Å². The van der Waals surface area contributed by atoms with Gasteiger partial charge in [-0.3, -0.25) is 4.79 Å². The number of esters is 1. The Bertz CT molecular complexity index is 1390. The molecule has 170 valence electrons. The molecule has 0 saturated carbocycles. The first-order valence-electron chi connectivity index (χ1n) is 10.2. The quantitative estimate of drug-likeness (QED) is 0.150. The van der Waals surface area contributed by atoms with Gasteiger partial charge in [-0.05, 0) is 76.6 Å². The Balaban J connectivity index is 1.63. The number of ether oxygens (including phenoxy) is 2. The van der Waals surface area contributed by atoms with E-state index in [4.69, 9.17) is 21.1 Å². The molecule has 0 spiro atoms. The molecule has 0 unspecified atom stereocenters. The highest BCUT2D eigenvalue weighted by atomic mass is 79.9. The lowest BCUT2D eigenvalue weighted by Gasteiger charge is -2.13. The van der Waals surface area contributed by atoms with Crippen LogP contribution in [0, 0.1) is 12.7 Å². The second-order valence-electron chi connectivity index (χ2n) is 7.61. The lowest BCUT2D eigenvalue weighted by molar-refractivity contribution is 0.0586. The number of aryl methyl sites for hydroxylation is 2. The van der Waals surface area contributed by atoms with Crippen LogP contribution in [-0.4, -0.2) is 30.5 Å². The van der Waals surface area contributed by atoms with Gasteiger partial charge in [-0.25, -0.2) is 9.18 Å². The Kier molecular flexibility index (Phi) is 6.72. The minimum absolute atomic E-state index is 0.168. The largest absolute Gasteiger partial charge is 0.493 e. The van der Waals surface area contributed by atoms with Gasteiger partial charge < -0.3 is 14.0 Å². The second kappa shape index (κ2) is 9.53. The number of halogens is 3. The van der Waals surface area contributed by atoms with Gasteiger partial charge >= 0.3 is 5.97 Å². The third-order valence-corrected chi connectivity index (χ3v) is 6.83. The van der Waals surface area contributed by atoms with Crippen molar-refractivity contribution in [3.05, 3.63) is 74.6 Å². The molecule has 0 atom stereocenters. The Morgan fingerprint density at radius 1 is 1.21 bits per heavy atom. The number of rotatable bonds is 7. The van der Waals surface area contributed by atoms with E-state index in [0.29, 0.717) is 52.0 Å². The van der Waals surface area contributed by atoms with Crippen molar-refractivity contribution >= 4 is 61.5 Å². The first-order chi connectivity index (χ1) is 15.8. The first-order valence-corrected chi connectivity index (χ1v) is 11.4. The van der Waals surface area contributed by atoms with Crippen LogP contribution in [0.3, 0.4) is 0 Å². The van der Waals surface area contributed by atoms with Gasteiger partial charge in [0, 0.05) is 21.8 Å². The number of fused-ring (bicyclic) bond motifs is 2. The topological polar surface area (TPSA) is 57.5 Å². The van der Waals surface area contributed by atoms with Gasteiger partial charge in [0.2, 0.25) is 0 Å². The van der Waals surface area contributed by atoms with E-state index in [2.05, 4.69) is 15.9 Å². The number of nitrogens with zero attached hydrogens (tertiary/aromatic N) is 1. The van der Waals surface area contributed by atoms with E-state index < -0.39 is 5.97 Å².